The minimum atomic E-state index is -0.148. The number of rotatable bonds is 0. The highest BCUT2D eigenvalue weighted by atomic mass is 16.1. The number of nitrogen functional groups attached to an aromatic ring is 1. The lowest BCUT2D eigenvalue weighted by Crippen LogP contribution is -2.85. The molecule has 1 unspecified atom stereocenters. The molecular weight excluding hydrogens is 170 g/mol. The molecule has 0 amide bonds. The first kappa shape index (κ1) is 8.06. The summed E-state index contributed by atoms with van der Waals surface area (Å²) >= 11 is 0. The molecule has 7 N–H and O–H groups in total. The van der Waals surface area contributed by atoms with Crippen LogP contribution in [0.3, 0.4) is 0 Å². The molecule has 0 bridgehead atoms. The summed E-state index contributed by atoms with van der Waals surface area (Å²) in [4.78, 5) is 16.8. The first-order valence-electron chi connectivity index (χ1n) is 4.21. The molecule has 0 saturated carbocycles. The Hall–Kier alpha value is -1.56. The number of H-pyrrole nitrogens is 2. The Labute approximate surface area is 74.6 Å². The fourth-order valence-corrected chi connectivity index (χ4v) is 1.44. The maximum absolute atomic E-state index is 11.4. The minimum Gasteiger partial charge on any atom is -0.310 e. The molecule has 0 spiro atoms. The van der Waals surface area contributed by atoms with Crippen molar-refractivity contribution in [1.29, 1.82) is 0 Å². The maximum Gasteiger partial charge on any atom is 0.360 e. The Balaban J connectivity index is 2.53. The summed E-state index contributed by atoms with van der Waals surface area (Å²) in [5.41, 5.74) is 5.96. The van der Waals surface area contributed by atoms with Crippen LogP contribution in [0, 0.1) is 0 Å². The van der Waals surface area contributed by atoms with Gasteiger partial charge in [-0.15, -0.1) is 0 Å². The molecule has 0 saturated heterocycles. The number of hydrogen-bond donors (Lipinski definition) is 4. The predicted molar refractivity (Wildman–Crippen MR) is 47.6 cm³/mol. The van der Waals surface area contributed by atoms with E-state index >= 15 is 0 Å². The van der Waals surface area contributed by atoms with Crippen LogP contribution in [0.1, 0.15) is 6.92 Å². The average Bonchev–Trinajstić information content (AvgIpc) is 2.02. The van der Waals surface area contributed by atoms with E-state index in [9.17, 15) is 4.79 Å². The average molecular weight is 183 g/mol. The zero-order valence-electron chi connectivity index (χ0n) is 7.35. The van der Waals surface area contributed by atoms with E-state index in [4.69, 9.17) is 5.73 Å². The second kappa shape index (κ2) is 2.74. The Morgan fingerprint density at radius 1 is 1.69 bits per heavy atom. The third-order valence-electron chi connectivity index (χ3n) is 2.09. The van der Waals surface area contributed by atoms with Gasteiger partial charge in [0.1, 0.15) is 12.6 Å². The van der Waals surface area contributed by atoms with E-state index in [1.807, 2.05) is 12.2 Å². The van der Waals surface area contributed by atoms with Crippen molar-refractivity contribution in [3.8, 4) is 0 Å². The summed E-state index contributed by atoms with van der Waals surface area (Å²) in [5.74, 6) is 0.985. The monoisotopic (exact) mass is 183 g/mol. The number of nitrogens with one attached hydrogen (secondary N) is 3. The van der Waals surface area contributed by atoms with E-state index in [1.165, 1.54) is 0 Å². The van der Waals surface area contributed by atoms with Gasteiger partial charge < -0.3 is 16.4 Å². The van der Waals surface area contributed by atoms with E-state index in [0.29, 0.717) is 17.5 Å². The molecule has 0 fully saturated rings. The third-order valence-corrected chi connectivity index (χ3v) is 2.09. The molecule has 2 heterocycles. The fourth-order valence-electron chi connectivity index (χ4n) is 1.44. The molecule has 0 radical (unpaired) electrons. The van der Waals surface area contributed by atoms with Gasteiger partial charge >= 0.3 is 11.5 Å². The Bertz CT molecular complexity index is 385. The zero-order chi connectivity index (χ0) is 9.42. The standard InChI is InChI=1S/C7H11N5O/c1-3-2-9-4-5(10-3)11-7(8)12-6(4)13/h3,9H,2H2,1H3,(H4,8,10,11,12,13)/p+2. The van der Waals surface area contributed by atoms with Gasteiger partial charge in [-0.25, -0.2) is 14.8 Å². The van der Waals surface area contributed by atoms with Crippen LogP contribution in [0.4, 0.5) is 17.5 Å². The second-order valence-corrected chi connectivity index (χ2v) is 3.27. The van der Waals surface area contributed by atoms with Crippen molar-refractivity contribution in [2.45, 2.75) is 13.0 Å². The number of aromatic nitrogens is 2. The van der Waals surface area contributed by atoms with Crippen LogP contribution < -0.4 is 26.9 Å². The summed E-state index contributed by atoms with van der Waals surface area (Å²) < 4.78 is 0. The number of hydrogen-bond acceptors (Lipinski definition) is 3. The number of nitrogens with two attached hydrogens (primary N) is 2. The van der Waals surface area contributed by atoms with E-state index in [0.717, 1.165) is 6.54 Å². The number of quaternary nitrogens is 1. The lowest BCUT2D eigenvalue weighted by molar-refractivity contribution is -0.581. The van der Waals surface area contributed by atoms with Gasteiger partial charge in [0, 0.05) is 0 Å². The van der Waals surface area contributed by atoms with Gasteiger partial charge in [-0.2, -0.15) is 0 Å². The lowest BCUT2D eigenvalue weighted by atomic mass is 10.2. The summed E-state index contributed by atoms with van der Waals surface area (Å²) in [7, 11) is 0. The van der Waals surface area contributed by atoms with E-state index in [2.05, 4.69) is 15.3 Å². The van der Waals surface area contributed by atoms with E-state index in [-0.39, 0.29) is 11.5 Å². The van der Waals surface area contributed by atoms with Gasteiger partial charge in [-0.1, -0.05) is 0 Å². The molecule has 1 aromatic heterocycles. The maximum atomic E-state index is 11.4. The first-order chi connectivity index (χ1) is 6.16. The lowest BCUT2D eigenvalue weighted by Gasteiger charge is -2.16. The molecular formula is C7H13N5O+2. The van der Waals surface area contributed by atoms with Crippen molar-refractivity contribution in [3.63, 3.8) is 0 Å². The topological polar surface area (TPSA) is 102 Å². The smallest absolute Gasteiger partial charge is 0.310 e. The number of fused-ring (bicyclic) bond motifs is 1. The van der Waals surface area contributed by atoms with Crippen LogP contribution in [-0.2, 0) is 0 Å². The van der Waals surface area contributed by atoms with Gasteiger partial charge in [0.25, 0.3) is 11.5 Å². The summed E-state index contributed by atoms with van der Waals surface area (Å²) in [6.45, 7) is 2.90. The molecule has 2 rings (SSSR count). The largest absolute Gasteiger partial charge is 0.360 e. The van der Waals surface area contributed by atoms with Gasteiger partial charge in [-0.3, -0.25) is 0 Å². The van der Waals surface area contributed by atoms with Crippen molar-refractivity contribution >= 4 is 17.5 Å². The number of aromatic amines is 2. The normalized spacial score (nSPS) is 20.5. The molecule has 13 heavy (non-hydrogen) atoms. The van der Waals surface area contributed by atoms with E-state index < -0.39 is 0 Å². The summed E-state index contributed by atoms with van der Waals surface area (Å²) in [6, 6.07) is 0.338. The van der Waals surface area contributed by atoms with Crippen LogP contribution in [0.25, 0.3) is 0 Å². The van der Waals surface area contributed by atoms with Crippen molar-refractivity contribution < 1.29 is 10.3 Å². The van der Waals surface area contributed by atoms with Crippen LogP contribution >= 0.6 is 0 Å². The van der Waals surface area contributed by atoms with Gasteiger partial charge in [0.2, 0.25) is 0 Å². The fraction of sp³-hybridized carbons (Fsp3) is 0.429. The number of anilines is 2. The Kier molecular flexibility index (Phi) is 1.70. The predicted octanol–water partition coefficient (Wildman–Crippen LogP) is -2.22. The minimum absolute atomic E-state index is 0.148. The zero-order valence-corrected chi connectivity index (χ0v) is 7.35. The Morgan fingerprint density at radius 2 is 2.46 bits per heavy atom. The van der Waals surface area contributed by atoms with Crippen molar-refractivity contribution in [2.24, 2.45) is 0 Å². The van der Waals surface area contributed by atoms with Gasteiger partial charge in [0.05, 0.1) is 0 Å². The van der Waals surface area contributed by atoms with Gasteiger partial charge in [0.15, 0.2) is 0 Å². The van der Waals surface area contributed by atoms with Crippen molar-refractivity contribution in [2.75, 3.05) is 17.6 Å². The highest BCUT2D eigenvalue weighted by Gasteiger charge is 2.25. The van der Waals surface area contributed by atoms with E-state index in [1.54, 1.807) is 0 Å². The molecule has 1 aliphatic rings. The van der Waals surface area contributed by atoms with Crippen LogP contribution in [0.15, 0.2) is 4.79 Å². The SMILES string of the molecule is CC1C[NH2+]c2c([nH+]c(N)[nH]c2=O)N1. The van der Waals surface area contributed by atoms with Gasteiger partial charge in [-0.05, 0) is 6.92 Å². The summed E-state index contributed by atoms with van der Waals surface area (Å²) in [6.07, 6.45) is 0. The van der Waals surface area contributed by atoms with Crippen LogP contribution in [0.5, 0.6) is 0 Å². The molecule has 1 aromatic rings. The molecule has 70 valence electrons. The van der Waals surface area contributed by atoms with Crippen LogP contribution in [0.2, 0.25) is 0 Å². The van der Waals surface area contributed by atoms with Crippen LogP contribution in [-0.4, -0.2) is 17.6 Å². The summed E-state index contributed by atoms with van der Waals surface area (Å²) in [5, 5.41) is 5.06. The highest BCUT2D eigenvalue weighted by molar-refractivity contribution is 5.51. The molecule has 1 aliphatic heterocycles. The molecule has 0 aromatic carbocycles. The first-order valence-corrected chi connectivity index (χ1v) is 4.21. The van der Waals surface area contributed by atoms with Crippen molar-refractivity contribution in [3.05, 3.63) is 10.4 Å². The molecule has 0 aliphatic carbocycles. The molecule has 1 atom stereocenters. The second-order valence-electron chi connectivity index (χ2n) is 3.27. The van der Waals surface area contributed by atoms with Crippen molar-refractivity contribution in [1.82, 2.24) is 4.98 Å². The molecule has 6 heteroatoms. The molecule has 6 nitrogen and oxygen atoms in total. The quantitative estimate of drug-likeness (QED) is 0.366. The highest BCUT2D eigenvalue weighted by Crippen LogP contribution is 2.08. The Morgan fingerprint density at radius 3 is 3.23 bits per heavy atom. The third kappa shape index (κ3) is 1.35.